The Morgan fingerprint density at radius 1 is 0.741 bits per heavy atom. The van der Waals surface area contributed by atoms with E-state index < -0.39 is 0 Å². The Labute approximate surface area is 175 Å². The van der Waals surface area contributed by atoms with Crippen LogP contribution < -0.4 is 17.7 Å². The summed E-state index contributed by atoms with van der Waals surface area (Å²) in [6, 6.07) is 10.8. The van der Waals surface area contributed by atoms with E-state index in [0.717, 1.165) is 25.3 Å². The van der Waals surface area contributed by atoms with Crippen LogP contribution in [0.3, 0.4) is 0 Å². The summed E-state index contributed by atoms with van der Waals surface area (Å²) in [6.45, 7) is 10.1. The van der Waals surface area contributed by atoms with Crippen LogP contribution in [0.2, 0.25) is 0 Å². The van der Waals surface area contributed by atoms with Crippen LogP contribution in [-0.4, -0.2) is 6.54 Å². The fourth-order valence-electron chi connectivity index (χ4n) is 3.65. The van der Waals surface area contributed by atoms with Crippen molar-refractivity contribution < 1.29 is 17.7 Å². The first-order valence-corrected chi connectivity index (χ1v) is 10.9. The third kappa shape index (κ3) is 15.7. The lowest BCUT2D eigenvalue weighted by atomic mass is 9.94. The molecule has 0 aliphatic heterocycles. The molecule has 154 valence electrons. The number of nitrogens with two attached hydrogens (primary N) is 1. The van der Waals surface area contributed by atoms with Gasteiger partial charge in [-0.25, -0.2) is 0 Å². The second-order valence-corrected chi connectivity index (χ2v) is 7.65. The number of allylic oxidation sites excluding steroid dienone is 2. The Hall–Kier alpha value is -1.05. The van der Waals surface area contributed by atoms with Crippen molar-refractivity contribution in [3.63, 3.8) is 0 Å². The molecular weight excluding hydrogens is 350 g/mol. The summed E-state index contributed by atoms with van der Waals surface area (Å²) in [5.41, 5.74) is 1.44. The predicted octanol–water partition coefficient (Wildman–Crippen LogP) is 3.42. The van der Waals surface area contributed by atoms with Gasteiger partial charge in [-0.2, -0.15) is 0 Å². The largest absolute Gasteiger partial charge is 1.00 e. The van der Waals surface area contributed by atoms with E-state index >= 15 is 0 Å². The average Bonchev–Trinajstić information content (AvgIpc) is 2.66. The van der Waals surface area contributed by atoms with Gasteiger partial charge in [0.2, 0.25) is 0 Å². The van der Waals surface area contributed by atoms with E-state index in [9.17, 15) is 0 Å². The summed E-state index contributed by atoms with van der Waals surface area (Å²) < 4.78 is 0. The van der Waals surface area contributed by atoms with Gasteiger partial charge in [0.25, 0.3) is 0 Å². The fourth-order valence-corrected chi connectivity index (χ4v) is 3.65. The molecule has 1 aromatic rings. The van der Waals surface area contributed by atoms with E-state index in [4.69, 9.17) is 0 Å². The van der Waals surface area contributed by atoms with Crippen LogP contribution in [0.1, 0.15) is 82.6 Å². The van der Waals surface area contributed by atoms with Crippen molar-refractivity contribution in [2.24, 2.45) is 5.92 Å². The highest BCUT2D eigenvalue weighted by molar-refractivity contribution is 5.12. The second kappa shape index (κ2) is 19.7. The molecule has 0 amide bonds. The maximum absolute atomic E-state index is 3.87. The Morgan fingerprint density at radius 2 is 1.26 bits per heavy atom. The van der Waals surface area contributed by atoms with Gasteiger partial charge in [-0.15, -0.1) is 13.2 Å². The molecule has 2 N–H and O–H groups in total. The molecule has 0 aliphatic carbocycles. The molecule has 0 atom stereocenters. The van der Waals surface area contributed by atoms with Crippen LogP contribution in [0.15, 0.2) is 55.6 Å². The molecular formula is C25H42ClN. The third-order valence-electron chi connectivity index (χ3n) is 5.24. The highest BCUT2D eigenvalue weighted by atomic mass is 35.5. The summed E-state index contributed by atoms with van der Waals surface area (Å²) in [4.78, 5) is 0. The van der Waals surface area contributed by atoms with E-state index in [0.29, 0.717) is 0 Å². The molecule has 0 spiro atoms. The number of hydrogen-bond acceptors (Lipinski definition) is 0. The minimum Gasteiger partial charge on any atom is -1.00 e. The first kappa shape index (κ1) is 26.0. The molecule has 0 aromatic heterocycles. The van der Waals surface area contributed by atoms with Gasteiger partial charge in [-0.3, -0.25) is 0 Å². The normalized spacial score (nSPS) is 10.6. The predicted molar refractivity (Wildman–Crippen MR) is 116 cm³/mol. The van der Waals surface area contributed by atoms with Crippen LogP contribution in [0.25, 0.3) is 0 Å². The minimum atomic E-state index is 0. The van der Waals surface area contributed by atoms with E-state index in [1.54, 1.807) is 0 Å². The number of halogens is 1. The van der Waals surface area contributed by atoms with E-state index in [1.807, 2.05) is 0 Å². The highest BCUT2D eigenvalue weighted by Gasteiger charge is 2.04. The summed E-state index contributed by atoms with van der Waals surface area (Å²) in [7, 11) is 0. The molecule has 1 rings (SSSR count). The number of unbranched alkanes of at least 4 members (excludes halogenated alkanes) is 8. The molecule has 0 radical (unpaired) electrons. The molecule has 0 aliphatic rings. The van der Waals surface area contributed by atoms with Crippen LogP contribution in [0.5, 0.6) is 0 Å². The zero-order valence-electron chi connectivity index (χ0n) is 17.4. The molecule has 0 saturated carbocycles. The second-order valence-electron chi connectivity index (χ2n) is 7.65. The Kier molecular flexibility index (Phi) is 18.9. The van der Waals surface area contributed by atoms with Crippen LogP contribution in [-0.2, 0) is 6.54 Å². The Balaban J connectivity index is 0.00000676. The maximum atomic E-state index is 3.87. The topological polar surface area (TPSA) is 16.6 Å². The van der Waals surface area contributed by atoms with Gasteiger partial charge in [0.1, 0.15) is 6.54 Å². The smallest absolute Gasteiger partial charge is 0.101 e. The van der Waals surface area contributed by atoms with Crippen molar-refractivity contribution in [2.45, 2.75) is 83.6 Å². The van der Waals surface area contributed by atoms with Gasteiger partial charge < -0.3 is 17.7 Å². The SMILES string of the molecule is C=CCC(CC=C)CCCCCCCCCCC[NH2+]Cc1ccccc1.[Cl-]. The van der Waals surface area contributed by atoms with Gasteiger partial charge in [-0.1, -0.05) is 87.4 Å². The number of quaternary nitrogens is 1. The summed E-state index contributed by atoms with van der Waals surface area (Å²) in [5, 5.41) is 2.45. The molecule has 1 aromatic carbocycles. The fraction of sp³-hybridized carbons (Fsp3) is 0.600. The van der Waals surface area contributed by atoms with Gasteiger partial charge >= 0.3 is 0 Å². The lowest BCUT2D eigenvalue weighted by molar-refractivity contribution is -0.671. The molecule has 0 fully saturated rings. The monoisotopic (exact) mass is 391 g/mol. The molecule has 2 heteroatoms. The standard InChI is InChI=1S/C25H41N.ClH/c1-3-17-24(18-4-2)19-13-10-8-6-5-7-9-11-16-22-26-23-25-20-14-12-15-21-25;/h3-4,12,14-15,20-21,24,26H,1-2,5-11,13,16-19,22-23H2;1H. The summed E-state index contributed by atoms with van der Waals surface area (Å²) in [5.74, 6) is 0.781. The molecule has 1 nitrogen and oxygen atoms in total. The number of rotatable bonds is 18. The summed E-state index contributed by atoms with van der Waals surface area (Å²) in [6.07, 6.45) is 20.4. The first-order chi connectivity index (χ1) is 12.9. The lowest BCUT2D eigenvalue weighted by Gasteiger charge is -2.12. The lowest BCUT2D eigenvalue weighted by Crippen LogP contribution is -3.00. The molecule has 0 saturated heterocycles. The summed E-state index contributed by atoms with van der Waals surface area (Å²) >= 11 is 0. The number of hydrogen-bond donors (Lipinski definition) is 1. The zero-order valence-corrected chi connectivity index (χ0v) is 18.1. The molecule has 27 heavy (non-hydrogen) atoms. The number of benzene rings is 1. The molecule has 0 unspecified atom stereocenters. The average molecular weight is 392 g/mol. The molecule has 0 heterocycles. The van der Waals surface area contributed by atoms with E-state index in [1.165, 1.54) is 76.3 Å². The van der Waals surface area contributed by atoms with Gasteiger partial charge in [0.05, 0.1) is 6.54 Å². The minimum absolute atomic E-state index is 0. The quantitative estimate of drug-likeness (QED) is 0.291. The first-order valence-electron chi connectivity index (χ1n) is 10.9. The zero-order chi connectivity index (χ0) is 18.7. The van der Waals surface area contributed by atoms with Gasteiger partial charge in [0.15, 0.2) is 0 Å². The van der Waals surface area contributed by atoms with Crippen molar-refractivity contribution in [1.82, 2.24) is 0 Å². The third-order valence-corrected chi connectivity index (χ3v) is 5.24. The Morgan fingerprint density at radius 3 is 1.81 bits per heavy atom. The highest BCUT2D eigenvalue weighted by Crippen LogP contribution is 2.19. The van der Waals surface area contributed by atoms with Crippen molar-refractivity contribution in [2.75, 3.05) is 6.54 Å². The van der Waals surface area contributed by atoms with Gasteiger partial charge in [0, 0.05) is 5.56 Å². The van der Waals surface area contributed by atoms with Crippen LogP contribution in [0.4, 0.5) is 0 Å². The van der Waals surface area contributed by atoms with Crippen molar-refractivity contribution in [3.8, 4) is 0 Å². The van der Waals surface area contributed by atoms with Crippen LogP contribution >= 0.6 is 0 Å². The van der Waals surface area contributed by atoms with Gasteiger partial charge in [-0.05, 0) is 38.0 Å². The maximum Gasteiger partial charge on any atom is 0.101 e. The van der Waals surface area contributed by atoms with E-state index in [-0.39, 0.29) is 12.4 Å². The Bertz CT molecular complexity index is 433. The van der Waals surface area contributed by atoms with Crippen molar-refractivity contribution in [1.29, 1.82) is 0 Å². The van der Waals surface area contributed by atoms with Crippen molar-refractivity contribution in [3.05, 3.63) is 61.2 Å². The molecule has 0 bridgehead atoms. The van der Waals surface area contributed by atoms with E-state index in [2.05, 4.69) is 61.0 Å². The van der Waals surface area contributed by atoms with Crippen LogP contribution in [0, 0.1) is 5.92 Å². The van der Waals surface area contributed by atoms with Crippen molar-refractivity contribution >= 4 is 0 Å².